The van der Waals surface area contributed by atoms with Gasteiger partial charge in [-0.2, -0.15) is 0 Å². The van der Waals surface area contributed by atoms with Gasteiger partial charge in [0.05, 0.1) is 4.90 Å². The van der Waals surface area contributed by atoms with Gasteiger partial charge in [0, 0.05) is 18.7 Å². The average molecular weight is 350 g/mol. The lowest BCUT2D eigenvalue weighted by Gasteiger charge is -2.39. The van der Waals surface area contributed by atoms with E-state index in [9.17, 15) is 13.2 Å². The van der Waals surface area contributed by atoms with E-state index in [1.54, 1.807) is 12.1 Å². The number of amides is 1. The smallest absolute Gasteiger partial charge is 0.240 e. The molecule has 3 atom stereocenters. The Morgan fingerprint density at radius 2 is 1.79 bits per heavy atom. The van der Waals surface area contributed by atoms with Gasteiger partial charge in [-0.1, -0.05) is 20.8 Å². The van der Waals surface area contributed by atoms with Crippen LogP contribution in [0, 0.1) is 16.7 Å². The lowest BCUT2D eigenvalue weighted by atomic mass is 9.69. The number of nitrogens with one attached hydrogen (secondary N) is 2. The number of rotatable bonds is 4. The van der Waals surface area contributed by atoms with Crippen LogP contribution in [0.2, 0.25) is 0 Å². The highest BCUT2D eigenvalue weighted by molar-refractivity contribution is 7.89. The first-order valence-electron chi connectivity index (χ1n) is 8.46. The molecule has 0 radical (unpaired) electrons. The van der Waals surface area contributed by atoms with Crippen LogP contribution in [0.15, 0.2) is 29.2 Å². The van der Waals surface area contributed by atoms with Crippen molar-refractivity contribution in [1.82, 2.24) is 4.72 Å². The summed E-state index contributed by atoms with van der Waals surface area (Å²) in [5.74, 6) is 0.401. The van der Waals surface area contributed by atoms with E-state index in [1.165, 1.54) is 25.5 Å². The molecule has 0 saturated heterocycles. The second-order valence-corrected chi connectivity index (χ2v) is 9.70. The zero-order valence-electron chi connectivity index (χ0n) is 14.7. The maximum atomic E-state index is 12.8. The molecule has 24 heavy (non-hydrogen) atoms. The van der Waals surface area contributed by atoms with Gasteiger partial charge in [0.1, 0.15) is 0 Å². The molecule has 0 aliphatic heterocycles. The Hall–Kier alpha value is -1.40. The topological polar surface area (TPSA) is 75.3 Å². The van der Waals surface area contributed by atoms with Crippen LogP contribution in [-0.2, 0) is 14.8 Å². The Morgan fingerprint density at radius 3 is 2.25 bits per heavy atom. The van der Waals surface area contributed by atoms with E-state index in [1.807, 2.05) is 0 Å². The standard InChI is InChI=1S/C18H26N2O3S/c1-12(21)19-14-5-7-15(8-6-14)24(22,23)20-16-11-13-9-10-18(16,4)17(13,2)3/h5-8,13,16,20H,9-11H2,1-4H3,(H,19,21)/t13-,16+,18-/m1/s1. The number of benzene rings is 1. The fraction of sp³-hybridized carbons (Fsp3) is 0.611. The van der Waals surface area contributed by atoms with Crippen LogP contribution < -0.4 is 10.0 Å². The van der Waals surface area contributed by atoms with Crippen molar-refractivity contribution in [1.29, 1.82) is 0 Å². The Kier molecular flexibility index (Phi) is 4.04. The van der Waals surface area contributed by atoms with E-state index < -0.39 is 10.0 Å². The minimum Gasteiger partial charge on any atom is -0.326 e. The summed E-state index contributed by atoms with van der Waals surface area (Å²) in [6.45, 7) is 8.17. The fourth-order valence-electron chi connectivity index (χ4n) is 4.56. The van der Waals surface area contributed by atoms with Crippen LogP contribution in [0.5, 0.6) is 0 Å². The van der Waals surface area contributed by atoms with E-state index in [2.05, 4.69) is 30.8 Å². The van der Waals surface area contributed by atoms with Crippen molar-refractivity contribution in [2.24, 2.45) is 16.7 Å². The summed E-state index contributed by atoms with van der Waals surface area (Å²) >= 11 is 0. The summed E-state index contributed by atoms with van der Waals surface area (Å²) in [6.07, 6.45) is 3.17. The number of sulfonamides is 1. The van der Waals surface area contributed by atoms with Gasteiger partial charge in [-0.15, -0.1) is 0 Å². The predicted molar refractivity (Wildman–Crippen MR) is 94.1 cm³/mol. The number of carbonyl (C=O) groups excluding carboxylic acids is 1. The lowest BCUT2D eigenvalue weighted by Crippen LogP contribution is -2.46. The third-order valence-corrected chi connectivity index (χ3v) is 8.06. The normalized spacial score (nSPS) is 31.2. The average Bonchev–Trinajstić information content (AvgIpc) is 2.80. The van der Waals surface area contributed by atoms with Gasteiger partial charge in [-0.05, 0) is 60.3 Å². The first-order valence-corrected chi connectivity index (χ1v) is 9.94. The van der Waals surface area contributed by atoms with Crippen molar-refractivity contribution < 1.29 is 13.2 Å². The molecule has 2 aliphatic carbocycles. The van der Waals surface area contributed by atoms with Gasteiger partial charge in [-0.3, -0.25) is 4.79 Å². The van der Waals surface area contributed by atoms with E-state index in [0.29, 0.717) is 11.6 Å². The van der Waals surface area contributed by atoms with Crippen molar-refractivity contribution in [2.45, 2.75) is 57.9 Å². The van der Waals surface area contributed by atoms with Crippen LogP contribution in [0.1, 0.15) is 47.0 Å². The van der Waals surface area contributed by atoms with Gasteiger partial charge in [0.15, 0.2) is 0 Å². The molecule has 0 spiro atoms. The van der Waals surface area contributed by atoms with Gasteiger partial charge in [-0.25, -0.2) is 13.1 Å². The minimum atomic E-state index is -3.56. The molecule has 1 amide bonds. The van der Waals surface area contributed by atoms with Gasteiger partial charge in [0.25, 0.3) is 0 Å². The molecule has 5 nitrogen and oxygen atoms in total. The molecule has 1 aromatic carbocycles. The number of hydrogen-bond acceptors (Lipinski definition) is 3. The van der Waals surface area contributed by atoms with Crippen molar-refractivity contribution in [3.63, 3.8) is 0 Å². The van der Waals surface area contributed by atoms with E-state index in [4.69, 9.17) is 0 Å². The highest BCUT2D eigenvalue weighted by atomic mass is 32.2. The van der Waals surface area contributed by atoms with Gasteiger partial charge in [0.2, 0.25) is 15.9 Å². The summed E-state index contributed by atoms with van der Waals surface area (Å²) in [5.41, 5.74) is 0.755. The molecule has 6 heteroatoms. The summed E-state index contributed by atoms with van der Waals surface area (Å²) in [4.78, 5) is 11.3. The Labute approximate surface area is 144 Å². The van der Waals surface area contributed by atoms with Gasteiger partial charge < -0.3 is 5.32 Å². The van der Waals surface area contributed by atoms with Crippen molar-refractivity contribution >= 4 is 21.6 Å². The van der Waals surface area contributed by atoms with Crippen molar-refractivity contribution in [3.8, 4) is 0 Å². The van der Waals surface area contributed by atoms with Crippen molar-refractivity contribution in [3.05, 3.63) is 24.3 Å². The Balaban J connectivity index is 1.79. The number of anilines is 1. The molecule has 0 heterocycles. The van der Waals surface area contributed by atoms with Gasteiger partial charge >= 0.3 is 0 Å². The summed E-state index contributed by atoms with van der Waals surface area (Å²) < 4.78 is 28.4. The first kappa shape index (κ1) is 17.4. The molecule has 1 aromatic rings. The molecule has 2 aliphatic rings. The zero-order chi connectivity index (χ0) is 17.8. The highest BCUT2D eigenvalue weighted by Gasteiger charge is 2.61. The molecule has 2 bridgehead atoms. The maximum Gasteiger partial charge on any atom is 0.240 e. The summed E-state index contributed by atoms with van der Waals surface area (Å²) in [6, 6.07) is 6.28. The summed E-state index contributed by atoms with van der Waals surface area (Å²) in [7, 11) is -3.56. The Morgan fingerprint density at radius 1 is 1.17 bits per heavy atom. The van der Waals surface area contributed by atoms with Crippen molar-refractivity contribution in [2.75, 3.05) is 5.32 Å². The van der Waals surface area contributed by atoms with Crippen LogP contribution in [0.3, 0.4) is 0 Å². The minimum absolute atomic E-state index is 0.000856. The predicted octanol–water partition coefficient (Wildman–Crippen LogP) is 3.14. The molecule has 0 unspecified atom stereocenters. The third kappa shape index (κ3) is 2.65. The second kappa shape index (κ2) is 5.56. The molecule has 2 N–H and O–H groups in total. The molecular weight excluding hydrogens is 324 g/mol. The molecule has 2 fully saturated rings. The lowest BCUT2D eigenvalue weighted by molar-refractivity contribution is -0.114. The van der Waals surface area contributed by atoms with E-state index >= 15 is 0 Å². The number of fused-ring (bicyclic) bond motifs is 2. The second-order valence-electron chi connectivity index (χ2n) is 7.99. The molecule has 2 saturated carbocycles. The summed E-state index contributed by atoms with van der Waals surface area (Å²) in [5, 5.41) is 2.64. The molecular formula is C18H26N2O3S. The largest absolute Gasteiger partial charge is 0.326 e. The third-order valence-electron chi connectivity index (χ3n) is 6.58. The number of hydrogen-bond donors (Lipinski definition) is 2. The monoisotopic (exact) mass is 350 g/mol. The molecule has 0 aromatic heterocycles. The highest BCUT2D eigenvalue weighted by Crippen LogP contribution is 2.65. The van der Waals surface area contributed by atoms with Crippen LogP contribution >= 0.6 is 0 Å². The van der Waals surface area contributed by atoms with E-state index in [0.717, 1.165) is 12.8 Å². The Bertz CT molecular complexity index is 755. The van der Waals surface area contributed by atoms with Crippen LogP contribution in [0.25, 0.3) is 0 Å². The SMILES string of the molecule is CC(=O)Nc1ccc(S(=O)(=O)N[C@H]2C[C@H]3CC[C@@]2(C)C3(C)C)cc1. The maximum absolute atomic E-state index is 12.8. The molecule has 132 valence electrons. The zero-order valence-corrected chi connectivity index (χ0v) is 15.5. The van der Waals surface area contributed by atoms with Crippen LogP contribution in [-0.4, -0.2) is 20.4 Å². The molecule has 3 rings (SSSR count). The van der Waals surface area contributed by atoms with E-state index in [-0.39, 0.29) is 27.7 Å². The first-order chi connectivity index (χ1) is 11.1. The quantitative estimate of drug-likeness (QED) is 0.876. The number of carbonyl (C=O) groups is 1. The fourth-order valence-corrected chi connectivity index (χ4v) is 5.92. The van der Waals surface area contributed by atoms with Crippen LogP contribution in [0.4, 0.5) is 5.69 Å².